The molecule has 0 aliphatic carbocycles. The quantitative estimate of drug-likeness (QED) is 0.888. The first kappa shape index (κ1) is 14.7. The average molecular weight is 284 g/mol. The number of hydrogen-bond donors (Lipinski definition) is 2. The molecule has 2 unspecified atom stereocenters. The summed E-state index contributed by atoms with van der Waals surface area (Å²) in [5.41, 5.74) is 1.28. The van der Waals surface area contributed by atoms with E-state index in [0.717, 1.165) is 5.56 Å². The first-order chi connectivity index (χ1) is 9.51. The standard InChI is InChI=1S/C14H18F2N2O2/c1-9-4-10(2-3-13(9)16)6-17-14(20)18-7-11(15)5-12(18)8-19/h2-4,11-12,19H,5-8H2,1H3,(H,17,20). The fourth-order valence-electron chi connectivity index (χ4n) is 2.38. The highest BCUT2D eigenvalue weighted by molar-refractivity contribution is 5.75. The molecular formula is C14H18F2N2O2. The molecule has 1 heterocycles. The average Bonchev–Trinajstić information content (AvgIpc) is 2.81. The number of benzene rings is 1. The molecule has 0 bridgehead atoms. The van der Waals surface area contributed by atoms with E-state index in [0.29, 0.717) is 5.56 Å². The van der Waals surface area contributed by atoms with Crippen molar-refractivity contribution < 1.29 is 18.7 Å². The molecule has 2 atom stereocenters. The number of halogens is 2. The third-order valence-corrected chi connectivity index (χ3v) is 3.50. The molecule has 1 fully saturated rings. The van der Waals surface area contributed by atoms with E-state index in [2.05, 4.69) is 5.32 Å². The van der Waals surface area contributed by atoms with Crippen LogP contribution in [-0.4, -0.2) is 41.4 Å². The number of likely N-dealkylation sites (tertiary alicyclic amines) is 1. The largest absolute Gasteiger partial charge is 0.394 e. The van der Waals surface area contributed by atoms with Crippen molar-refractivity contribution in [3.05, 3.63) is 35.1 Å². The van der Waals surface area contributed by atoms with Gasteiger partial charge in [-0.05, 0) is 24.1 Å². The Balaban J connectivity index is 1.93. The van der Waals surface area contributed by atoms with Gasteiger partial charge >= 0.3 is 6.03 Å². The zero-order chi connectivity index (χ0) is 14.7. The topological polar surface area (TPSA) is 52.6 Å². The predicted octanol–water partition coefficient (Wildman–Crippen LogP) is 1.75. The molecule has 0 spiro atoms. The molecule has 0 saturated carbocycles. The molecule has 1 aromatic carbocycles. The van der Waals surface area contributed by atoms with Crippen molar-refractivity contribution in [2.24, 2.45) is 0 Å². The number of aliphatic hydroxyl groups excluding tert-OH is 1. The van der Waals surface area contributed by atoms with Crippen molar-refractivity contribution in [3.8, 4) is 0 Å². The third kappa shape index (κ3) is 3.25. The summed E-state index contributed by atoms with van der Waals surface area (Å²) in [5.74, 6) is -0.291. The van der Waals surface area contributed by atoms with Crippen LogP contribution >= 0.6 is 0 Å². The van der Waals surface area contributed by atoms with E-state index in [-0.39, 0.29) is 31.9 Å². The number of aryl methyl sites for hydroxylation is 1. The molecule has 1 aliphatic heterocycles. The minimum atomic E-state index is -1.09. The van der Waals surface area contributed by atoms with Gasteiger partial charge in [-0.25, -0.2) is 13.6 Å². The van der Waals surface area contributed by atoms with Crippen molar-refractivity contribution in [1.82, 2.24) is 10.2 Å². The second-order valence-electron chi connectivity index (χ2n) is 5.06. The SMILES string of the molecule is Cc1cc(CNC(=O)N2CC(F)CC2CO)ccc1F. The molecule has 0 radical (unpaired) electrons. The van der Waals surface area contributed by atoms with Crippen molar-refractivity contribution in [1.29, 1.82) is 0 Å². The number of alkyl halides is 1. The summed E-state index contributed by atoms with van der Waals surface area (Å²) in [7, 11) is 0. The number of nitrogens with one attached hydrogen (secondary N) is 1. The minimum Gasteiger partial charge on any atom is -0.394 e. The van der Waals surface area contributed by atoms with Crippen LogP contribution in [0.5, 0.6) is 0 Å². The van der Waals surface area contributed by atoms with Gasteiger partial charge in [0.2, 0.25) is 0 Å². The summed E-state index contributed by atoms with van der Waals surface area (Å²) in [4.78, 5) is 13.3. The van der Waals surface area contributed by atoms with Crippen LogP contribution in [0.3, 0.4) is 0 Å². The Morgan fingerprint density at radius 3 is 2.95 bits per heavy atom. The van der Waals surface area contributed by atoms with Crippen LogP contribution in [0.2, 0.25) is 0 Å². The molecule has 4 nitrogen and oxygen atoms in total. The number of amides is 2. The molecule has 1 aromatic rings. The van der Waals surface area contributed by atoms with Crippen molar-refractivity contribution >= 4 is 6.03 Å². The van der Waals surface area contributed by atoms with Crippen molar-refractivity contribution in [3.63, 3.8) is 0 Å². The summed E-state index contributed by atoms with van der Waals surface area (Å²) in [6.45, 7) is 1.64. The minimum absolute atomic E-state index is 0.000490. The van der Waals surface area contributed by atoms with Crippen LogP contribution in [0.15, 0.2) is 18.2 Å². The first-order valence-corrected chi connectivity index (χ1v) is 6.55. The van der Waals surface area contributed by atoms with Crippen LogP contribution in [0.1, 0.15) is 17.5 Å². The number of carbonyl (C=O) groups excluding carboxylic acids is 1. The number of nitrogens with zero attached hydrogens (tertiary/aromatic N) is 1. The lowest BCUT2D eigenvalue weighted by molar-refractivity contribution is 0.156. The highest BCUT2D eigenvalue weighted by Gasteiger charge is 2.34. The Hall–Kier alpha value is -1.69. The van der Waals surface area contributed by atoms with Crippen LogP contribution in [0.4, 0.5) is 13.6 Å². The number of hydrogen-bond acceptors (Lipinski definition) is 2. The van der Waals surface area contributed by atoms with E-state index in [9.17, 15) is 13.6 Å². The highest BCUT2D eigenvalue weighted by Crippen LogP contribution is 2.20. The maximum absolute atomic E-state index is 13.3. The van der Waals surface area contributed by atoms with Gasteiger partial charge < -0.3 is 15.3 Å². The van der Waals surface area contributed by atoms with Gasteiger partial charge in [0.1, 0.15) is 12.0 Å². The lowest BCUT2D eigenvalue weighted by Crippen LogP contribution is -2.44. The summed E-state index contributed by atoms with van der Waals surface area (Å²) < 4.78 is 26.4. The van der Waals surface area contributed by atoms with Crippen molar-refractivity contribution in [2.45, 2.75) is 32.1 Å². The monoisotopic (exact) mass is 284 g/mol. The van der Waals surface area contributed by atoms with Crippen LogP contribution in [0, 0.1) is 12.7 Å². The van der Waals surface area contributed by atoms with Crippen LogP contribution < -0.4 is 5.32 Å². The Morgan fingerprint density at radius 2 is 2.30 bits per heavy atom. The van der Waals surface area contributed by atoms with Gasteiger partial charge in [-0.3, -0.25) is 0 Å². The molecule has 1 aliphatic rings. The van der Waals surface area contributed by atoms with Gasteiger partial charge in [0.25, 0.3) is 0 Å². The summed E-state index contributed by atoms with van der Waals surface area (Å²) in [6.07, 6.45) is -0.925. The lowest BCUT2D eigenvalue weighted by Gasteiger charge is -2.23. The first-order valence-electron chi connectivity index (χ1n) is 6.55. The van der Waals surface area contributed by atoms with Crippen LogP contribution in [-0.2, 0) is 6.54 Å². The third-order valence-electron chi connectivity index (χ3n) is 3.50. The van der Waals surface area contributed by atoms with Gasteiger partial charge in [0.15, 0.2) is 0 Å². The summed E-state index contributed by atoms with van der Waals surface area (Å²) in [6, 6.07) is 3.71. The van der Waals surface area contributed by atoms with E-state index >= 15 is 0 Å². The Labute approximate surface area is 116 Å². The molecule has 2 amide bonds. The summed E-state index contributed by atoms with van der Waals surface area (Å²) >= 11 is 0. The van der Waals surface area contributed by atoms with E-state index in [1.165, 1.54) is 11.0 Å². The second-order valence-corrected chi connectivity index (χ2v) is 5.06. The Morgan fingerprint density at radius 1 is 1.55 bits per heavy atom. The van der Waals surface area contributed by atoms with Gasteiger partial charge in [-0.1, -0.05) is 12.1 Å². The number of aliphatic hydroxyl groups is 1. The number of rotatable bonds is 3. The fraction of sp³-hybridized carbons (Fsp3) is 0.500. The molecule has 2 rings (SSSR count). The zero-order valence-corrected chi connectivity index (χ0v) is 11.3. The van der Waals surface area contributed by atoms with Gasteiger partial charge in [-0.2, -0.15) is 0 Å². The Bertz CT molecular complexity index is 496. The maximum atomic E-state index is 13.3. The maximum Gasteiger partial charge on any atom is 0.318 e. The molecule has 20 heavy (non-hydrogen) atoms. The molecule has 6 heteroatoms. The van der Waals surface area contributed by atoms with E-state index in [1.807, 2.05) is 0 Å². The normalized spacial score (nSPS) is 22.1. The fourth-order valence-corrected chi connectivity index (χ4v) is 2.38. The smallest absolute Gasteiger partial charge is 0.318 e. The van der Waals surface area contributed by atoms with E-state index in [4.69, 9.17) is 5.11 Å². The molecule has 110 valence electrons. The molecule has 2 N–H and O–H groups in total. The van der Waals surface area contributed by atoms with Gasteiger partial charge in [0, 0.05) is 13.0 Å². The lowest BCUT2D eigenvalue weighted by atomic mass is 10.1. The van der Waals surface area contributed by atoms with Gasteiger partial charge in [0.05, 0.1) is 19.2 Å². The van der Waals surface area contributed by atoms with Gasteiger partial charge in [-0.15, -0.1) is 0 Å². The zero-order valence-electron chi connectivity index (χ0n) is 11.3. The molecule has 1 saturated heterocycles. The summed E-state index contributed by atoms with van der Waals surface area (Å²) in [5, 5.41) is 11.8. The molecule has 0 aromatic heterocycles. The predicted molar refractivity (Wildman–Crippen MR) is 70.5 cm³/mol. The van der Waals surface area contributed by atoms with E-state index < -0.39 is 18.2 Å². The van der Waals surface area contributed by atoms with E-state index in [1.54, 1.807) is 19.1 Å². The second kappa shape index (κ2) is 6.17. The number of urea groups is 1. The van der Waals surface area contributed by atoms with Crippen molar-refractivity contribution in [2.75, 3.05) is 13.2 Å². The highest BCUT2D eigenvalue weighted by atomic mass is 19.1. The molecular weight excluding hydrogens is 266 g/mol. The van der Waals surface area contributed by atoms with Crippen LogP contribution in [0.25, 0.3) is 0 Å². The Kier molecular flexibility index (Phi) is 4.54. The number of carbonyl (C=O) groups is 1.